The second kappa shape index (κ2) is 8.87. The van der Waals surface area contributed by atoms with Crippen molar-refractivity contribution in [3.05, 3.63) is 83.0 Å². The van der Waals surface area contributed by atoms with E-state index < -0.39 is 0 Å². The Hall–Kier alpha value is -3.52. The second-order valence-electron chi connectivity index (χ2n) is 6.57. The minimum Gasteiger partial charge on any atom is -0.365 e. The molecule has 0 aliphatic heterocycles. The zero-order valence-corrected chi connectivity index (χ0v) is 16.6. The van der Waals surface area contributed by atoms with Crippen LogP contribution in [0, 0.1) is 5.82 Å². The van der Waals surface area contributed by atoms with Gasteiger partial charge in [-0.2, -0.15) is 5.10 Å². The van der Waals surface area contributed by atoms with E-state index in [2.05, 4.69) is 25.7 Å². The highest BCUT2D eigenvalue weighted by Gasteiger charge is 2.11. The fourth-order valence-corrected chi connectivity index (χ4v) is 3.18. The third-order valence-electron chi connectivity index (χ3n) is 4.50. The van der Waals surface area contributed by atoms with Crippen molar-refractivity contribution in [1.29, 1.82) is 0 Å². The normalized spacial score (nSPS) is 10.9. The monoisotopic (exact) mass is 424 g/mol. The number of rotatable bonds is 7. The molecule has 2 heterocycles. The molecule has 1 amide bonds. The summed E-state index contributed by atoms with van der Waals surface area (Å²) in [7, 11) is 0. The smallest absolute Gasteiger partial charge is 0.251 e. The molecule has 0 bridgehead atoms. The molecule has 2 aromatic heterocycles. The number of carbonyl (C=O) groups is 1. The van der Waals surface area contributed by atoms with Crippen molar-refractivity contribution in [1.82, 2.24) is 25.1 Å². The highest BCUT2D eigenvalue weighted by Crippen LogP contribution is 2.19. The molecule has 9 heteroatoms. The maximum atomic E-state index is 13.0. The molecule has 0 fully saturated rings. The average Bonchev–Trinajstić information content (AvgIpc) is 3.17. The number of anilines is 1. The summed E-state index contributed by atoms with van der Waals surface area (Å²) in [5.41, 5.74) is 2.09. The Labute approximate surface area is 176 Å². The average molecular weight is 425 g/mol. The van der Waals surface area contributed by atoms with E-state index in [0.29, 0.717) is 41.7 Å². The van der Waals surface area contributed by atoms with E-state index in [-0.39, 0.29) is 11.7 Å². The summed E-state index contributed by atoms with van der Waals surface area (Å²) in [5.74, 6) is 0.163. The van der Waals surface area contributed by atoms with Crippen LogP contribution in [0.1, 0.15) is 15.9 Å². The minimum atomic E-state index is -0.271. The third kappa shape index (κ3) is 4.55. The van der Waals surface area contributed by atoms with E-state index in [1.807, 2.05) is 0 Å². The Kier molecular flexibility index (Phi) is 5.85. The van der Waals surface area contributed by atoms with Gasteiger partial charge in [-0.15, -0.1) is 0 Å². The fourth-order valence-electron chi connectivity index (χ4n) is 2.99. The van der Waals surface area contributed by atoms with E-state index in [9.17, 15) is 9.18 Å². The van der Waals surface area contributed by atoms with Gasteiger partial charge in [0, 0.05) is 23.7 Å². The molecule has 0 saturated carbocycles. The molecule has 0 spiro atoms. The van der Waals surface area contributed by atoms with Gasteiger partial charge in [-0.05, 0) is 35.9 Å². The van der Waals surface area contributed by atoms with Crippen molar-refractivity contribution in [2.45, 2.75) is 13.1 Å². The first-order valence-corrected chi connectivity index (χ1v) is 9.66. The number of halogens is 2. The molecule has 30 heavy (non-hydrogen) atoms. The Bertz CT molecular complexity index is 1180. The molecular weight excluding hydrogens is 407 g/mol. The predicted octanol–water partition coefficient (Wildman–Crippen LogP) is 3.66. The number of carbonyl (C=O) groups excluding carboxylic acids is 1. The number of hydrogen-bond donors (Lipinski definition) is 2. The van der Waals surface area contributed by atoms with Gasteiger partial charge in [-0.3, -0.25) is 4.79 Å². The lowest BCUT2D eigenvalue weighted by Crippen LogP contribution is -2.27. The summed E-state index contributed by atoms with van der Waals surface area (Å²) >= 11 is 5.93. The molecule has 0 aliphatic carbocycles. The van der Waals surface area contributed by atoms with Crippen LogP contribution in [-0.4, -0.2) is 32.2 Å². The number of nitrogens with one attached hydrogen (secondary N) is 2. The lowest BCUT2D eigenvalue weighted by Gasteiger charge is -2.08. The quantitative estimate of drug-likeness (QED) is 0.473. The van der Waals surface area contributed by atoms with Gasteiger partial charge >= 0.3 is 0 Å². The SMILES string of the molecule is O=C(NCCn1ncc2c(NCc3ccc(F)cc3)ncnc21)c1cccc(Cl)c1. The van der Waals surface area contributed by atoms with Crippen LogP contribution in [0.2, 0.25) is 5.02 Å². The van der Waals surface area contributed by atoms with Gasteiger partial charge in [-0.1, -0.05) is 29.8 Å². The van der Waals surface area contributed by atoms with Crippen LogP contribution in [0.15, 0.2) is 61.1 Å². The zero-order valence-electron chi connectivity index (χ0n) is 15.8. The Morgan fingerprint density at radius 3 is 2.77 bits per heavy atom. The van der Waals surface area contributed by atoms with Crippen molar-refractivity contribution in [3.63, 3.8) is 0 Å². The maximum Gasteiger partial charge on any atom is 0.251 e. The van der Waals surface area contributed by atoms with E-state index in [0.717, 1.165) is 10.9 Å². The maximum absolute atomic E-state index is 13.0. The largest absolute Gasteiger partial charge is 0.365 e. The number of hydrogen-bond acceptors (Lipinski definition) is 5. The summed E-state index contributed by atoms with van der Waals surface area (Å²) in [6, 6.07) is 13.0. The molecule has 7 nitrogen and oxygen atoms in total. The van der Waals surface area contributed by atoms with Gasteiger partial charge in [0.1, 0.15) is 18.0 Å². The van der Waals surface area contributed by atoms with Gasteiger partial charge in [0.05, 0.1) is 18.1 Å². The summed E-state index contributed by atoms with van der Waals surface area (Å²) in [5, 5.41) is 11.7. The minimum absolute atomic E-state index is 0.203. The molecule has 0 saturated heterocycles. The third-order valence-corrected chi connectivity index (χ3v) is 4.74. The van der Waals surface area contributed by atoms with Crippen LogP contribution in [0.3, 0.4) is 0 Å². The Balaban J connectivity index is 1.40. The topological polar surface area (TPSA) is 84.7 Å². The van der Waals surface area contributed by atoms with Gasteiger partial charge in [0.15, 0.2) is 5.65 Å². The summed E-state index contributed by atoms with van der Waals surface area (Å²) < 4.78 is 14.7. The molecule has 4 aromatic rings. The van der Waals surface area contributed by atoms with Gasteiger partial charge < -0.3 is 10.6 Å². The molecule has 2 aromatic carbocycles. The molecular formula is C21H18ClFN6O. The molecule has 0 atom stereocenters. The lowest BCUT2D eigenvalue weighted by molar-refractivity contribution is 0.0952. The second-order valence-corrected chi connectivity index (χ2v) is 7.01. The van der Waals surface area contributed by atoms with Gasteiger partial charge in [0.2, 0.25) is 0 Å². The molecule has 4 rings (SSSR count). The van der Waals surface area contributed by atoms with Crippen molar-refractivity contribution < 1.29 is 9.18 Å². The van der Waals surface area contributed by atoms with E-state index in [1.54, 1.807) is 47.3 Å². The Morgan fingerprint density at radius 1 is 1.13 bits per heavy atom. The van der Waals surface area contributed by atoms with Crippen LogP contribution < -0.4 is 10.6 Å². The van der Waals surface area contributed by atoms with E-state index in [1.165, 1.54) is 18.5 Å². The predicted molar refractivity (Wildman–Crippen MR) is 113 cm³/mol. The summed E-state index contributed by atoms with van der Waals surface area (Å²) in [4.78, 5) is 20.8. The van der Waals surface area contributed by atoms with Crippen molar-refractivity contribution in [2.75, 3.05) is 11.9 Å². The first-order valence-electron chi connectivity index (χ1n) is 9.29. The standard InChI is InChI=1S/C21H18ClFN6O/c22-16-3-1-2-15(10-16)21(30)24-8-9-29-20-18(12-28-29)19(26-13-27-20)25-11-14-4-6-17(23)7-5-14/h1-7,10,12-13H,8-9,11H2,(H,24,30)(H,25,26,27). The first-order chi connectivity index (χ1) is 14.6. The molecule has 2 N–H and O–H groups in total. The van der Waals surface area contributed by atoms with Gasteiger partial charge in [-0.25, -0.2) is 19.0 Å². The van der Waals surface area contributed by atoms with Crippen molar-refractivity contribution >= 4 is 34.4 Å². The number of nitrogens with zero attached hydrogens (tertiary/aromatic N) is 4. The summed E-state index contributed by atoms with van der Waals surface area (Å²) in [6.07, 6.45) is 3.14. The van der Waals surface area contributed by atoms with Gasteiger partial charge in [0.25, 0.3) is 5.91 Å². The van der Waals surface area contributed by atoms with Crippen LogP contribution in [0.25, 0.3) is 11.0 Å². The van der Waals surface area contributed by atoms with Crippen LogP contribution >= 0.6 is 11.6 Å². The fraction of sp³-hybridized carbons (Fsp3) is 0.143. The molecule has 0 aliphatic rings. The first kappa shape index (κ1) is 19.8. The highest BCUT2D eigenvalue weighted by atomic mass is 35.5. The van der Waals surface area contributed by atoms with E-state index >= 15 is 0 Å². The molecule has 152 valence electrons. The zero-order chi connectivity index (χ0) is 20.9. The van der Waals surface area contributed by atoms with Crippen LogP contribution in [0.4, 0.5) is 10.2 Å². The Morgan fingerprint density at radius 2 is 1.97 bits per heavy atom. The van der Waals surface area contributed by atoms with Crippen molar-refractivity contribution in [2.24, 2.45) is 0 Å². The van der Waals surface area contributed by atoms with Crippen LogP contribution in [0.5, 0.6) is 0 Å². The van der Waals surface area contributed by atoms with E-state index in [4.69, 9.17) is 11.6 Å². The lowest BCUT2D eigenvalue weighted by atomic mass is 10.2. The molecule has 0 radical (unpaired) electrons. The van der Waals surface area contributed by atoms with Crippen molar-refractivity contribution in [3.8, 4) is 0 Å². The van der Waals surface area contributed by atoms with Crippen LogP contribution in [-0.2, 0) is 13.1 Å². The summed E-state index contributed by atoms with van der Waals surface area (Å²) in [6.45, 7) is 1.32. The number of amides is 1. The highest BCUT2D eigenvalue weighted by molar-refractivity contribution is 6.30. The molecule has 0 unspecified atom stereocenters. The number of benzene rings is 2. The number of fused-ring (bicyclic) bond motifs is 1. The number of aromatic nitrogens is 4.